The molecule has 0 aliphatic heterocycles. The average Bonchev–Trinajstić information content (AvgIpc) is 2.88. The van der Waals surface area contributed by atoms with Crippen LogP contribution in [-0.2, 0) is 0 Å². The Morgan fingerprint density at radius 1 is 1.21 bits per heavy atom. The van der Waals surface area contributed by atoms with E-state index in [1.807, 2.05) is 39.8 Å². The number of thiazole rings is 1. The molecule has 0 bridgehead atoms. The smallest absolute Gasteiger partial charge is 0.146 e. The van der Waals surface area contributed by atoms with Gasteiger partial charge in [-0.1, -0.05) is 0 Å². The Bertz CT molecular complexity index is 554. The molecule has 3 rings (SSSR count). The number of hydrogen-bond donors (Lipinski definition) is 0. The van der Waals surface area contributed by atoms with Crippen LogP contribution in [-0.4, -0.2) is 14.4 Å². The van der Waals surface area contributed by atoms with Crippen molar-refractivity contribution in [2.45, 2.75) is 0 Å². The van der Waals surface area contributed by atoms with Crippen molar-refractivity contribution in [1.82, 2.24) is 14.4 Å². The van der Waals surface area contributed by atoms with Crippen LogP contribution in [0.2, 0.25) is 0 Å². The van der Waals surface area contributed by atoms with Crippen molar-refractivity contribution in [3.05, 3.63) is 41.6 Å². The van der Waals surface area contributed by atoms with E-state index in [4.69, 9.17) is 0 Å². The Balaban J connectivity index is 2.36. The summed E-state index contributed by atoms with van der Waals surface area (Å²) in [4.78, 5) is 8.58. The summed E-state index contributed by atoms with van der Waals surface area (Å²) >= 11 is 1.60. The van der Waals surface area contributed by atoms with Crippen molar-refractivity contribution in [3.63, 3.8) is 0 Å². The maximum absolute atomic E-state index is 4.30. The minimum atomic E-state index is 0.957. The van der Waals surface area contributed by atoms with Gasteiger partial charge in [-0.15, -0.1) is 11.3 Å². The lowest BCUT2D eigenvalue weighted by Gasteiger charge is -1.98. The highest BCUT2D eigenvalue weighted by Gasteiger charge is 2.05. The summed E-state index contributed by atoms with van der Waals surface area (Å²) in [7, 11) is 0. The van der Waals surface area contributed by atoms with Crippen LogP contribution in [0.1, 0.15) is 0 Å². The zero-order chi connectivity index (χ0) is 9.38. The molecule has 0 N–H and O–H groups in total. The summed E-state index contributed by atoms with van der Waals surface area (Å²) in [6.45, 7) is 0. The van der Waals surface area contributed by atoms with E-state index in [-0.39, 0.29) is 0 Å². The van der Waals surface area contributed by atoms with Gasteiger partial charge in [0.25, 0.3) is 0 Å². The van der Waals surface area contributed by atoms with E-state index in [1.165, 1.54) is 0 Å². The van der Waals surface area contributed by atoms with E-state index in [1.54, 1.807) is 17.5 Å². The topological polar surface area (TPSA) is 30.2 Å². The molecule has 0 saturated heterocycles. The zero-order valence-electron chi connectivity index (χ0n) is 7.29. The van der Waals surface area contributed by atoms with E-state index in [2.05, 4.69) is 9.97 Å². The maximum atomic E-state index is 4.30. The molecule has 0 radical (unpaired) electrons. The van der Waals surface area contributed by atoms with Crippen molar-refractivity contribution >= 4 is 17.0 Å². The Morgan fingerprint density at radius 3 is 3.07 bits per heavy atom. The first-order chi connectivity index (χ1) is 6.95. The molecule has 0 unspecified atom stereocenters. The second-order valence-electron chi connectivity index (χ2n) is 2.95. The van der Waals surface area contributed by atoms with Crippen LogP contribution in [0.5, 0.6) is 0 Å². The fraction of sp³-hybridized carbons (Fsp3) is 0. The van der Waals surface area contributed by atoms with E-state index in [0.29, 0.717) is 0 Å². The van der Waals surface area contributed by atoms with E-state index in [9.17, 15) is 0 Å². The maximum Gasteiger partial charge on any atom is 0.146 e. The van der Waals surface area contributed by atoms with Crippen molar-refractivity contribution in [2.24, 2.45) is 0 Å². The van der Waals surface area contributed by atoms with Gasteiger partial charge in [0, 0.05) is 29.5 Å². The zero-order valence-corrected chi connectivity index (χ0v) is 8.11. The molecule has 0 atom stereocenters. The number of aromatic nitrogens is 3. The first-order valence-electron chi connectivity index (χ1n) is 4.25. The van der Waals surface area contributed by atoms with Crippen LogP contribution < -0.4 is 0 Å². The molecule has 0 aromatic carbocycles. The number of pyridine rings is 1. The fourth-order valence-electron chi connectivity index (χ4n) is 1.49. The minimum Gasteiger partial charge on any atom is -0.307 e. The van der Waals surface area contributed by atoms with Crippen LogP contribution >= 0.6 is 11.3 Å². The van der Waals surface area contributed by atoms with Gasteiger partial charge in [0.05, 0.1) is 11.2 Å². The second kappa shape index (κ2) is 2.92. The third kappa shape index (κ3) is 1.04. The highest BCUT2D eigenvalue weighted by atomic mass is 32.1. The minimum absolute atomic E-state index is 0.957. The fourth-order valence-corrected chi connectivity index (χ4v) is 2.05. The molecule has 3 heterocycles. The van der Waals surface area contributed by atoms with Gasteiger partial charge in [0.1, 0.15) is 5.65 Å². The monoisotopic (exact) mass is 201 g/mol. The highest BCUT2D eigenvalue weighted by Crippen LogP contribution is 2.22. The summed E-state index contributed by atoms with van der Waals surface area (Å²) in [6.07, 6.45) is 5.72. The van der Waals surface area contributed by atoms with E-state index in [0.717, 1.165) is 16.9 Å². The first-order valence-corrected chi connectivity index (χ1v) is 5.20. The molecule has 68 valence electrons. The third-order valence-corrected chi connectivity index (χ3v) is 2.71. The van der Waals surface area contributed by atoms with Crippen molar-refractivity contribution < 1.29 is 0 Å². The first kappa shape index (κ1) is 7.70. The van der Waals surface area contributed by atoms with Crippen LogP contribution in [0.15, 0.2) is 41.6 Å². The molecule has 3 nitrogen and oxygen atoms in total. The predicted octanol–water partition coefficient (Wildman–Crippen LogP) is 2.46. The molecule has 0 fully saturated rings. The molecule has 0 aliphatic rings. The Labute approximate surface area is 84.7 Å². The number of hydrogen-bond acceptors (Lipinski definition) is 3. The summed E-state index contributed by atoms with van der Waals surface area (Å²) in [6, 6.07) is 4.04. The number of fused-ring (bicyclic) bond motifs is 1. The Kier molecular flexibility index (Phi) is 1.61. The SMILES string of the molecule is c1cc(-c2cscn2)c2nccn2c1. The lowest BCUT2D eigenvalue weighted by molar-refractivity contribution is 1.18. The van der Waals surface area contributed by atoms with Gasteiger partial charge in [0.15, 0.2) is 0 Å². The van der Waals surface area contributed by atoms with E-state index >= 15 is 0 Å². The van der Waals surface area contributed by atoms with Gasteiger partial charge < -0.3 is 4.40 Å². The largest absolute Gasteiger partial charge is 0.307 e. The molecule has 4 heteroatoms. The van der Waals surface area contributed by atoms with Gasteiger partial charge in [-0.05, 0) is 12.1 Å². The van der Waals surface area contributed by atoms with Gasteiger partial charge in [0.2, 0.25) is 0 Å². The average molecular weight is 201 g/mol. The lowest BCUT2D eigenvalue weighted by atomic mass is 10.2. The molecule has 14 heavy (non-hydrogen) atoms. The van der Waals surface area contributed by atoms with E-state index < -0.39 is 0 Å². The Morgan fingerprint density at radius 2 is 2.21 bits per heavy atom. The quantitative estimate of drug-likeness (QED) is 0.605. The molecular weight excluding hydrogens is 194 g/mol. The van der Waals surface area contributed by atoms with Gasteiger partial charge in [-0.25, -0.2) is 9.97 Å². The van der Waals surface area contributed by atoms with Crippen LogP contribution in [0.3, 0.4) is 0 Å². The Hall–Kier alpha value is -1.68. The van der Waals surface area contributed by atoms with Crippen LogP contribution in [0, 0.1) is 0 Å². The van der Waals surface area contributed by atoms with Gasteiger partial charge in [-0.3, -0.25) is 0 Å². The molecule has 0 saturated carbocycles. The van der Waals surface area contributed by atoms with Gasteiger partial charge >= 0.3 is 0 Å². The molecule has 0 spiro atoms. The third-order valence-electron chi connectivity index (χ3n) is 2.13. The summed E-state index contributed by atoms with van der Waals surface area (Å²) in [5.74, 6) is 0. The van der Waals surface area contributed by atoms with Crippen LogP contribution in [0.25, 0.3) is 16.9 Å². The van der Waals surface area contributed by atoms with Gasteiger partial charge in [-0.2, -0.15) is 0 Å². The molecule has 0 amide bonds. The normalized spacial score (nSPS) is 10.9. The number of rotatable bonds is 1. The molecule has 3 aromatic heterocycles. The van der Waals surface area contributed by atoms with Crippen molar-refractivity contribution in [1.29, 1.82) is 0 Å². The molecular formula is C10H7N3S. The molecule has 3 aromatic rings. The predicted molar refractivity (Wildman–Crippen MR) is 56.3 cm³/mol. The lowest BCUT2D eigenvalue weighted by Crippen LogP contribution is -1.86. The summed E-state index contributed by atoms with van der Waals surface area (Å²) in [5, 5.41) is 2.03. The van der Waals surface area contributed by atoms with Crippen molar-refractivity contribution in [3.8, 4) is 11.3 Å². The molecule has 0 aliphatic carbocycles. The van der Waals surface area contributed by atoms with Crippen molar-refractivity contribution in [2.75, 3.05) is 0 Å². The number of nitrogens with zero attached hydrogens (tertiary/aromatic N) is 3. The highest BCUT2D eigenvalue weighted by molar-refractivity contribution is 7.07. The van der Waals surface area contributed by atoms with Crippen LogP contribution in [0.4, 0.5) is 0 Å². The summed E-state index contributed by atoms with van der Waals surface area (Å²) < 4.78 is 1.99. The standard InChI is InChI=1S/C10H7N3S/c1-2-8(9-6-14-7-12-9)10-11-3-5-13(10)4-1/h1-7H. The number of imidazole rings is 1. The summed E-state index contributed by atoms with van der Waals surface area (Å²) in [5.41, 5.74) is 4.87. The second-order valence-corrected chi connectivity index (χ2v) is 3.67.